The van der Waals surface area contributed by atoms with Crippen molar-refractivity contribution in [2.24, 2.45) is 11.8 Å². The largest absolute Gasteiger partial charge is 0.497 e. The summed E-state index contributed by atoms with van der Waals surface area (Å²) in [4.78, 5) is 43.0. The highest BCUT2D eigenvalue weighted by Crippen LogP contribution is 2.55. The molecule has 6 rings (SSSR count). The number of amides is 3. The summed E-state index contributed by atoms with van der Waals surface area (Å²) < 4.78 is 17.5. The van der Waals surface area contributed by atoms with Crippen molar-refractivity contribution in [3.8, 4) is 5.75 Å². The second-order valence-electron chi connectivity index (χ2n) is 10.9. The van der Waals surface area contributed by atoms with Crippen LogP contribution < -0.4 is 15.4 Å². The van der Waals surface area contributed by atoms with Crippen LogP contribution in [0.5, 0.6) is 5.75 Å². The van der Waals surface area contributed by atoms with E-state index in [4.69, 9.17) is 14.2 Å². The molecule has 0 unspecified atom stereocenters. The van der Waals surface area contributed by atoms with Crippen LogP contribution in [0.25, 0.3) is 0 Å². The molecule has 4 aliphatic heterocycles. The standard InChI is InChI=1S/C28H35N3O6/c1-35-19-11-9-18(10-12-19)29-25(32)22-21-13-14-28(37-21)23(22)27(34)31(16-20-8-5-15-36-20)24(28)26(33)30-17-6-3-2-4-7-17/h9-14,17,20-24H,2-8,15-16H2,1H3,(H,29,32)(H,30,33)/t20-,21+,22-,23+,24+,28+/m0/s1. The Morgan fingerprint density at radius 3 is 2.57 bits per heavy atom. The molecule has 1 spiro atoms. The minimum absolute atomic E-state index is 0.105. The second-order valence-corrected chi connectivity index (χ2v) is 10.9. The van der Waals surface area contributed by atoms with Gasteiger partial charge in [-0.05, 0) is 49.9 Å². The molecule has 0 radical (unpaired) electrons. The number of nitrogens with one attached hydrogen (secondary N) is 2. The van der Waals surface area contributed by atoms with Crippen molar-refractivity contribution in [1.29, 1.82) is 0 Å². The lowest BCUT2D eigenvalue weighted by atomic mass is 9.74. The average molecular weight is 510 g/mol. The van der Waals surface area contributed by atoms with Crippen LogP contribution in [0.4, 0.5) is 5.69 Å². The SMILES string of the molecule is COc1ccc(NC(=O)[C@H]2[C@H]3C=C[C@@]4(O3)[C@H]2C(=O)N(C[C@@H]2CCCO2)[C@@H]4C(=O)NC2CCCCC2)cc1. The molecule has 3 amide bonds. The molecule has 5 aliphatic rings. The zero-order chi connectivity index (χ0) is 25.6. The highest BCUT2D eigenvalue weighted by Gasteiger charge is 2.73. The van der Waals surface area contributed by atoms with E-state index in [1.54, 1.807) is 36.3 Å². The first-order valence-electron chi connectivity index (χ1n) is 13.5. The van der Waals surface area contributed by atoms with Gasteiger partial charge in [-0.1, -0.05) is 31.4 Å². The number of anilines is 1. The normalized spacial score (nSPS) is 34.6. The number of nitrogens with zero attached hydrogens (tertiary/aromatic N) is 1. The van der Waals surface area contributed by atoms with E-state index in [2.05, 4.69) is 10.6 Å². The predicted molar refractivity (Wildman–Crippen MR) is 135 cm³/mol. The van der Waals surface area contributed by atoms with Crippen LogP contribution in [0.3, 0.4) is 0 Å². The third-order valence-electron chi connectivity index (χ3n) is 8.66. The molecule has 3 saturated heterocycles. The highest BCUT2D eigenvalue weighted by atomic mass is 16.5. The number of rotatable bonds is 7. The number of ether oxygens (including phenoxy) is 3. The molecule has 1 saturated carbocycles. The van der Waals surface area contributed by atoms with Gasteiger partial charge in [0.25, 0.3) is 0 Å². The molecule has 9 heteroatoms. The van der Waals surface area contributed by atoms with E-state index in [-0.39, 0.29) is 29.9 Å². The third kappa shape index (κ3) is 4.22. The van der Waals surface area contributed by atoms with Crippen LogP contribution >= 0.6 is 0 Å². The number of benzene rings is 1. The summed E-state index contributed by atoms with van der Waals surface area (Å²) in [6.45, 7) is 0.986. The molecule has 1 aromatic carbocycles. The molecule has 1 aromatic rings. The van der Waals surface area contributed by atoms with Gasteiger partial charge in [0.1, 0.15) is 17.4 Å². The van der Waals surface area contributed by atoms with E-state index in [0.717, 1.165) is 38.5 Å². The Morgan fingerprint density at radius 1 is 1.08 bits per heavy atom. The molecule has 4 fully saturated rings. The van der Waals surface area contributed by atoms with Gasteiger partial charge in [-0.25, -0.2) is 0 Å². The number of carbonyl (C=O) groups excluding carboxylic acids is 3. The maximum absolute atomic E-state index is 14.0. The van der Waals surface area contributed by atoms with E-state index < -0.39 is 29.6 Å². The van der Waals surface area contributed by atoms with Crippen molar-refractivity contribution in [3.05, 3.63) is 36.4 Å². The minimum atomic E-state index is -1.15. The first kappa shape index (κ1) is 24.4. The maximum atomic E-state index is 14.0. The van der Waals surface area contributed by atoms with Crippen LogP contribution in [0, 0.1) is 11.8 Å². The van der Waals surface area contributed by atoms with Crippen molar-refractivity contribution in [1.82, 2.24) is 10.2 Å². The zero-order valence-corrected chi connectivity index (χ0v) is 21.2. The molecule has 198 valence electrons. The van der Waals surface area contributed by atoms with Crippen LogP contribution in [-0.4, -0.2) is 72.8 Å². The Morgan fingerprint density at radius 2 is 1.86 bits per heavy atom. The van der Waals surface area contributed by atoms with Crippen LogP contribution in [0.15, 0.2) is 36.4 Å². The van der Waals surface area contributed by atoms with Gasteiger partial charge in [-0.15, -0.1) is 0 Å². The fraction of sp³-hybridized carbons (Fsp3) is 0.607. The lowest BCUT2D eigenvalue weighted by Crippen LogP contribution is -2.57. The molecular weight excluding hydrogens is 474 g/mol. The van der Waals surface area contributed by atoms with E-state index in [1.165, 1.54) is 6.42 Å². The molecule has 4 heterocycles. The van der Waals surface area contributed by atoms with Gasteiger partial charge in [-0.2, -0.15) is 0 Å². The molecular formula is C28H35N3O6. The van der Waals surface area contributed by atoms with Crippen molar-refractivity contribution in [3.63, 3.8) is 0 Å². The number of hydrogen-bond acceptors (Lipinski definition) is 6. The number of carbonyl (C=O) groups is 3. The summed E-state index contributed by atoms with van der Waals surface area (Å²) in [7, 11) is 1.58. The highest BCUT2D eigenvalue weighted by molar-refractivity contribution is 6.02. The fourth-order valence-electron chi connectivity index (χ4n) is 6.90. The quantitative estimate of drug-likeness (QED) is 0.547. The van der Waals surface area contributed by atoms with Gasteiger partial charge in [0, 0.05) is 24.9 Å². The summed E-state index contributed by atoms with van der Waals surface area (Å²) in [6.07, 6.45) is 10.1. The maximum Gasteiger partial charge on any atom is 0.246 e. The minimum Gasteiger partial charge on any atom is -0.497 e. The Labute approximate surface area is 216 Å². The smallest absolute Gasteiger partial charge is 0.246 e. The summed E-state index contributed by atoms with van der Waals surface area (Å²) >= 11 is 0. The molecule has 6 atom stereocenters. The monoisotopic (exact) mass is 509 g/mol. The second kappa shape index (κ2) is 9.76. The van der Waals surface area contributed by atoms with Crippen molar-refractivity contribution in [2.45, 2.75) is 74.8 Å². The number of likely N-dealkylation sites (tertiary alicyclic amines) is 1. The van der Waals surface area contributed by atoms with Crippen LogP contribution in [-0.2, 0) is 23.9 Å². The van der Waals surface area contributed by atoms with Gasteiger partial charge in [0.2, 0.25) is 17.7 Å². The summed E-state index contributed by atoms with van der Waals surface area (Å²) in [5.74, 6) is -1.48. The zero-order valence-electron chi connectivity index (χ0n) is 21.2. The van der Waals surface area contributed by atoms with Gasteiger partial charge < -0.3 is 29.7 Å². The first-order chi connectivity index (χ1) is 18.0. The molecule has 2 N–H and O–H groups in total. The fourth-order valence-corrected chi connectivity index (χ4v) is 6.90. The topological polar surface area (TPSA) is 106 Å². The molecule has 1 aliphatic carbocycles. The van der Waals surface area contributed by atoms with E-state index in [0.29, 0.717) is 24.6 Å². The van der Waals surface area contributed by atoms with E-state index in [9.17, 15) is 14.4 Å². The Kier molecular flexibility index (Phi) is 6.44. The predicted octanol–water partition coefficient (Wildman–Crippen LogP) is 2.41. The third-order valence-corrected chi connectivity index (χ3v) is 8.66. The first-order valence-corrected chi connectivity index (χ1v) is 13.5. The van der Waals surface area contributed by atoms with Crippen LogP contribution in [0.2, 0.25) is 0 Å². The van der Waals surface area contributed by atoms with Crippen molar-refractivity contribution in [2.75, 3.05) is 25.6 Å². The van der Waals surface area contributed by atoms with E-state index >= 15 is 0 Å². The molecule has 37 heavy (non-hydrogen) atoms. The summed E-state index contributed by atoms with van der Waals surface area (Å²) in [5, 5.41) is 6.16. The van der Waals surface area contributed by atoms with Gasteiger partial charge in [0.05, 0.1) is 31.2 Å². The Hall–Kier alpha value is -2.91. The number of fused-ring (bicyclic) bond motifs is 1. The molecule has 0 aromatic heterocycles. The Bertz CT molecular complexity index is 1080. The number of hydrogen-bond donors (Lipinski definition) is 2. The lowest BCUT2D eigenvalue weighted by molar-refractivity contribution is -0.143. The Balaban J connectivity index is 1.28. The van der Waals surface area contributed by atoms with Crippen LogP contribution in [0.1, 0.15) is 44.9 Å². The van der Waals surface area contributed by atoms with Gasteiger partial charge >= 0.3 is 0 Å². The van der Waals surface area contributed by atoms with E-state index in [1.807, 2.05) is 12.2 Å². The lowest BCUT2D eigenvalue weighted by Gasteiger charge is -2.34. The van der Waals surface area contributed by atoms with Gasteiger partial charge in [0.15, 0.2) is 0 Å². The average Bonchev–Trinajstić information content (AvgIpc) is 3.68. The van der Waals surface area contributed by atoms with Gasteiger partial charge in [-0.3, -0.25) is 14.4 Å². The molecule has 2 bridgehead atoms. The van der Waals surface area contributed by atoms with Crippen molar-refractivity contribution >= 4 is 23.4 Å². The summed E-state index contributed by atoms with van der Waals surface area (Å²) in [6, 6.07) is 6.34. The molecule has 9 nitrogen and oxygen atoms in total. The summed E-state index contributed by atoms with van der Waals surface area (Å²) in [5.41, 5.74) is -0.541. The van der Waals surface area contributed by atoms with Crippen molar-refractivity contribution < 1.29 is 28.6 Å². The number of methoxy groups -OCH3 is 1.